The van der Waals surface area contributed by atoms with Crippen molar-refractivity contribution < 1.29 is 14.3 Å². The quantitative estimate of drug-likeness (QED) is 0.682. The number of aryl methyl sites for hydroxylation is 1. The van der Waals surface area contributed by atoms with Crippen molar-refractivity contribution >= 4 is 11.7 Å². The van der Waals surface area contributed by atoms with Gasteiger partial charge in [0.05, 0.1) is 17.9 Å². The molecule has 0 radical (unpaired) electrons. The third-order valence-corrected chi connectivity index (χ3v) is 2.77. The average Bonchev–Trinajstić information content (AvgIpc) is 2.43. The predicted octanol–water partition coefficient (Wildman–Crippen LogP) is 3.55. The second-order valence-corrected chi connectivity index (χ2v) is 4.39. The van der Waals surface area contributed by atoms with Gasteiger partial charge in [-0.3, -0.25) is 0 Å². The Morgan fingerprint density at radius 3 is 2.45 bits per heavy atom. The number of nitrogen functional groups attached to an aromatic ring is 1. The fourth-order valence-corrected chi connectivity index (χ4v) is 1.72. The van der Waals surface area contributed by atoms with Gasteiger partial charge >= 0.3 is 5.97 Å². The molecule has 0 saturated heterocycles. The van der Waals surface area contributed by atoms with Gasteiger partial charge in [0.25, 0.3) is 0 Å². The molecule has 0 aliphatic rings. The van der Waals surface area contributed by atoms with Crippen molar-refractivity contribution in [1.29, 1.82) is 0 Å². The van der Waals surface area contributed by atoms with E-state index in [4.69, 9.17) is 15.2 Å². The molecule has 0 amide bonds. The summed E-state index contributed by atoms with van der Waals surface area (Å²) in [5.41, 5.74) is 7.87. The Balaban J connectivity index is 2.17. The number of esters is 1. The van der Waals surface area contributed by atoms with Gasteiger partial charge < -0.3 is 15.2 Å². The molecular formula is C16H17NO3. The van der Waals surface area contributed by atoms with E-state index in [-0.39, 0.29) is 5.97 Å². The van der Waals surface area contributed by atoms with Crippen LogP contribution in [0.5, 0.6) is 11.5 Å². The first-order chi connectivity index (χ1) is 9.60. The van der Waals surface area contributed by atoms with Crippen LogP contribution in [-0.2, 0) is 4.74 Å². The summed E-state index contributed by atoms with van der Waals surface area (Å²) in [7, 11) is 0. The first-order valence-electron chi connectivity index (χ1n) is 6.41. The maximum atomic E-state index is 11.6. The largest absolute Gasteiger partial charge is 0.462 e. The van der Waals surface area contributed by atoms with E-state index in [1.54, 1.807) is 25.1 Å². The third-order valence-electron chi connectivity index (χ3n) is 2.77. The van der Waals surface area contributed by atoms with E-state index in [2.05, 4.69) is 0 Å². The van der Waals surface area contributed by atoms with Gasteiger partial charge in [0.2, 0.25) is 0 Å². The molecule has 20 heavy (non-hydrogen) atoms. The standard InChI is InChI=1S/C16H17NO3/c1-3-19-16(18)12-6-9-15(14(17)10-12)20-13-7-4-11(2)5-8-13/h4-10H,3,17H2,1-2H3. The number of benzene rings is 2. The molecule has 0 saturated carbocycles. The van der Waals surface area contributed by atoms with Crippen LogP contribution < -0.4 is 10.5 Å². The Hall–Kier alpha value is -2.49. The number of carbonyl (C=O) groups is 1. The minimum absolute atomic E-state index is 0.334. The number of hydrogen-bond acceptors (Lipinski definition) is 4. The number of carbonyl (C=O) groups excluding carboxylic acids is 1. The summed E-state index contributed by atoms with van der Waals surface area (Å²) in [6.45, 7) is 4.10. The molecule has 2 N–H and O–H groups in total. The molecule has 0 unspecified atom stereocenters. The number of nitrogens with two attached hydrogens (primary N) is 1. The second-order valence-electron chi connectivity index (χ2n) is 4.39. The predicted molar refractivity (Wildman–Crippen MR) is 78.1 cm³/mol. The smallest absolute Gasteiger partial charge is 0.338 e. The van der Waals surface area contributed by atoms with Crippen LogP contribution in [0.3, 0.4) is 0 Å². The topological polar surface area (TPSA) is 61.5 Å². The average molecular weight is 271 g/mol. The van der Waals surface area contributed by atoms with Gasteiger partial charge in [-0.1, -0.05) is 17.7 Å². The Morgan fingerprint density at radius 1 is 1.15 bits per heavy atom. The van der Waals surface area contributed by atoms with Gasteiger partial charge in [0.15, 0.2) is 0 Å². The monoisotopic (exact) mass is 271 g/mol. The molecule has 0 spiro atoms. The van der Waals surface area contributed by atoms with Crippen molar-refractivity contribution in [2.75, 3.05) is 12.3 Å². The molecule has 0 aliphatic carbocycles. The van der Waals surface area contributed by atoms with E-state index in [1.165, 1.54) is 0 Å². The lowest BCUT2D eigenvalue weighted by Gasteiger charge is -2.10. The van der Waals surface area contributed by atoms with Crippen molar-refractivity contribution in [3.05, 3.63) is 53.6 Å². The molecule has 2 rings (SSSR count). The van der Waals surface area contributed by atoms with Gasteiger partial charge in [-0.05, 0) is 44.2 Å². The van der Waals surface area contributed by atoms with Crippen LogP contribution in [-0.4, -0.2) is 12.6 Å². The summed E-state index contributed by atoms with van der Waals surface area (Å²) < 4.78 is 10.6. The summed E-state index contributed by atoms with van der Waals surface area (Å²) >= 11 is 0. The molecule has 0 heterocycles. The van der Waals surface area contributed by atoms with E-state index >= 15 is 0 Å². The molecule has 0 atom stereocenters. The second kappa shape index (κ2) is 6.10. The molecular weight excluding hydrogens is 254 g/mol. The summed E-state index contributed by atoms with van der Waals surface area (Å²) in [5.74, 6) is 0.828. The van der Waals surface area contributed by atoms with Crippen molar-refractivity contribution in [1.82, 2.24) is 0 Å². The summed E-state index contributed by atoms with van der Waals surface area (Å²) in [6.07, 6.45) is 0. The fraction of sp³-hybridized carbons (Fsp3) is 0.188. The van der Waals surface area contributed by atoms with E-state index in [0.717, 1.165) is 5.56 Å². The Morgan fingerprint density at radius 2 is 1.85 bits per heavy atom. The van der Waals surface area contributed by atoms with Crippen molar-refractivity contribution in [3.8, 4) is 11.5 Å². The Labute approximate surface area is 118 Å². The van der Waals surface area contributed by atoms with Gasteiger partial charge in [0.1, 0.15) is 11.5 Å². The lowest BCUT2D eigenvalue weighted by Crippen LogP contribution is -2.05. The number of rotatable bonds is 4. The van der Waals surface area contributed by atoms with Gasteiger partial charge in [-0.2, -0.15) is 0 Å². The summed E-state index contributed by atoms with van der Waals surface area (Å²) in [4.78, 5) is 11.6. The highest BCUT2D eigenvalue weighted by Crippen LogP contribution is 2.28. The van der Waals surface area contributed by atoms with Crippen LogP contribution in [0.15, 0.2) is 42.5 Å². The molecule has 104 valence electrons. The number of ether oxygens (including phenoxy) is 2. The highest BCUT2D eigenvalue weighted by atomic mass is 16.5. The highest BCUT2D eigenvalue weighted by Gasteiger charge is 2.10. The van der Waals surface area contributed by atoms with Crippen molar-refractivity contribution in [2.45, 2.75) is 13.8 Å². The van der Waals surface area contributed by atoms with Crippen LogP contribution in [0.1, 0.15) is 22.8 Å². The zero-order chi connectivity index (χ0) is 14.5. The normalized spacial score (nSPS) is 10.1. The lowest BCUT2D eigenvalue weighted by molar-refractivity contribution is 0.0526. The van der Waals surface area contributed by atoms with Crippen LogP contribution in [0.25, 0.3) is 0 Å². The Bertz CT molecular complexity index is 606. The van der Waals surface area contributed by atoms with Gasteiger partial charge in [-0.15, -0.1) is 0 Å². The van der Waals surface area contributed by atoms with Crippen LogP contribution in [0.4, 0.5) is 5.69 Å². The summed E-state index contributed by atoms with van der Waals surface area (Å²) in [6, 6.07) is 12.5. The number of anilines is 1. The SMILES string of the molecule is CCOC(=O)c1ccc(Oc2ccc(C)cc2)c(N)c1. The van der Waals surface area contributed by atoms with Crippen LogP contribution in [0, 0.1) is 6.92 Å². The maximum Gasteiger partial charge on any atom is 0.338 e. The maximum absolute atomic E-state index is 11.6. The van der Waals surface area contributed by atoms with E-state index in [9.17, 15) is 4.79 Å². The molecule has 0 aromatic heterocycles. The third kappa shape index (κ3) is 3.29. The molecule has 0 fully saturated rings. The van der Waals surface area contributed by atoms with E-state index in [0.29, 0.717) is 29.4 Å². The van der Waals surface area contributed by atoms with Crippen LogP contribution in [0.2, 0.25) is 0 Å². The lowest BCUT2D eigenvalue weighted by atomic mass is 10.2. The minimum Gasteiger partial charge on any atom is -0.462 e. The fourth-order valence-electron chi connectivity index (χ4n) is 1.72. The number of hydrogen-bond donors (Lipinski definition) is 1. The Kier molecular flexibility index (Phi) is 4.25. The highest BCUT2D eigenvalue weighted by molar-refractivity contribution is 5.91. The first kappa shape index (κ1) is 13.9. The zero-order valence-electron chi connectivity index (χ0n) is 11.6. The molecule has 2 aromatic carbocycles. The van der Waals surface area contributed by atoms with Gasteiger partial charge in [0, 0.05) is 0 Å². The zero-order valence-corrected chi connectivity index (χ0v) is 11.6. The molecule has 0 aliphatic heterocycles. The van der Waals surface area contributed by atoms with E-state index in [1.807, 2.05) is 31.2 Å². The first-order valence-corrected chi connectivity index (χ1v) is 6.41. The summed E-state index contributed by atoms with van der Waals surface area (Å²) in [5, 5.41) is 0. The van der Waals surface area contributed by atoms with Crippen molar-refractivity contribution in [3.63, 3.8) is 0 Å². The van der Waals surface area contributed by atoms with Crippen LogP contribution >= 0.6 is 0 Å². The molecule has 4 heteroatoms. The van der Waals surface area contributed by atoms with Gasteiger partial charge in [-0.25, -0.2) is 4.79 Å². The minimum atomic E-state index is -0.388. The molecule has 4 nitrogen and oxygen atoms in total. The molecule has 0 bridgehead atoms. The van der Waals surface area contributed by atoms with E-state index < -0.39 is 0 Å². The molecule has 2 aromatic rings. The van der Waals surface area contributed by atoms with Crippen molar-refractivity contribution in [2.24, 2.45) is 0 Å².